The third-order valence-electron chi connectivity index (χ3n) is 4.22. The molecule has 0 bridgehead atoms. The van der Waals surface area contributed by atoms with Gasteiger partial charge in [-0.05, 0) is 54.8 Å². The second kappa shape index (κ2) is 8.32. The fourth-order valence-electron chi connectivity index (χ4n) is 2.66. The van der Waals surface area contributed by atoms with Crippen LogP contribution in [0, 0.1) is 5.82 Å². The maximum Gasteiger partial charge on any atom is 0.573 e. The van der Waals surface area contributed by atoms with Crippen LogP contribution in [0.25, 0.3) is 0 Å². The summed E-state index contributed by atoms with van der Waals surface area (Å²) >= 11 is 0. The van der Waals surface area contributed by atoms with E-state index in [9.17, 15) is 17.6 Å². The number of hydrogen-bond acceptors (Lipinski definition) is 2. The van der Waals surface area contributed by atoms with Gasteiger partial charge in [0.15, 0.2) is 5.96 Å². The van der Waals surface area contributed by atoms with Gasteiger partial charge in [0.05, 0.1) is 6.54 Å². The molecule has 0 aromatic heterocycles. The minimum Gasteiger partial charge on any atom is -0.406 e. The largest absolute Gasteiger partial charge is 0.573 e. The molecule has 1 fully saturated rings. The van der Waals surface area contributed by atoms with Crippen molar-refractivity contribution in [2.75, 3.05) is 11.9 Å². The van der Waals surface area contributed by atoms with Crippen molar-refractivity contribution >= 4 is 35.6 Å². The summed E-state index contributed by atoms with van der Waals surface area (Å²) in [4.78, 5) is 4.31. The molecule has 3 rings (SSSR count). The number of hydrogen-bond donors (Lipinski definition) is 2. The Morgan fingerprint density at radius 3 is 2.19 bits per heavy atom. The van der Waals surface area contributed by atoms with Gasteiger partial charge in [-0.15, -0.1) is 37.1 Å². The number of halogens is 5. The lowest BCUT2D eigenvalue weighted by Crippen LogP contribution is -2.25. The Kier molecular flexibility index (Phi) is 6.55. The van der Waals surface area contributed by atoms with Gasteiger partial charge in [0, 0.05) is 11.1 Å². The molecule has 0 heterocycles. The number of nitrogens with one attached hydrogen (secondary N) is 1. The van der Waals surface area contributed by atoms with E-state index < -0.39 is 6.36 Å². The molecule has 0 saturated heterocycles. The van der Waals surface area contributed by atoms with Gasteiger partial charge in [-0.3, -0.25) is 4.99 Å². The van der Waals surface area contributed by atoms with Crippen LogP contribution >= 0.6 is 24.0 Å². The van der Waals surface area contributed by atoms with Crippen molar-refractivity contribution in [3.63, 3.8) is 0 Å². The van der Waals surface area contributed by atoms with Crippen molar-refractivity contribution in [2.24, 2.45) is 10.7 Å². The molecule has 0 aliphatic heterocycles. The Morgan fingerprint density at radius 1 is 1.07 bits per heavy atom. The molecule has 1 saturated carbocycles. The van der Waals surface area contributed by atoms with Gasteiger partial charge in [0.1, 0.15) is 11.6 Å². The maximum absolute atomic E-state index is 13.0. The number of alkyl halides is 3. The molecule has 2 aromatic carbocycles. The summed E-state index contributed by atoms with van der Waals surface area (Å²) in [6.45, 7) is 0.451. The number of benzene rings is 2. The molecule has 0 atom stereocenters. The zero-order valence-electron chi connectivity index (χ0n) is 14.1. The number of aliphatic imine (C=N–C) groups is 1. The van der Waals surface area contributed by atoms with Crippen LogP contribution in [0.2, 0.25) is 0 Å². The molecule has 4 nitrogen and oxygen atoms in total. The highest BCUT2D eigenvalue weighted by molar-refractivity contribution is 14.0. The van der Waals surface area contributed by atoms with E-state index in [0.717, 1.165) is 18.4 Å². The Bertz CT molecular complexity index is 788. The number of nitrogens with zero attached hydrogens (tertiary/aromatic N) is 1. The number of rotatable bonds is 5. The van der Waals surface area contributed by atoms with Crippen LogP contribution in [0.15, 0.2) is 53.5 Å². The summed E-state index contributed by atoms with van der Waals surface area (Å²) in [5.41, 5.74) is 7.24. The first-order valence-corrected chi connectivity index (χ1v) is 7.95. The van der Waals surface area contributed by atoms with Crippen molar-refractivity contribution in [1.29, 1.82) is 0 Å². The monoisotopic (exact) mass is 495 g/mol. The van der Waals surface area contributed by atoms with Gasteiger partial charge in [0.2, 0.25) is 0 Å². The first-order chi connectivity index (χ1) is 12.3. The van der Waals surface area contributed by atoms with Crippen LogP contribution in [0.5, 0.6) is 5.75 Å². The van der Waals surface area contributed by atoms with Crippen LogP contribution in [-0.4, -0.2) is 18.9 Å². The van der Waals surface area contributed by atoms with Crippen LogP contribution < -0.4 is 15.8 Å². The van der Waals surface area contributed by atoms with E-state index in [0.29, 0.717) is 12.2 Å². The SMILES string of the molecule is I.NC(=NCC1(c2ccc(F)cc2)CC1)Nc1ccc(OC(F)(F)F)cc1. The molecule has 0 unspecified atom stereocenters. The van der Waals surface area contributed by atoms with Crippen molar-refractivity contribution in [3.05, 3.63) is 59.9 Å². The molecule has 27 heavy (non-hydrogen) atoms. The smallest absolute Gasteiger partial charge is 0.406 e. The number of ether oxygens (including phenoxy) is 1. The fraction of sp³-hybridized carbons (Fsp3) is 0.278. The van der Waals surface area contributed by atoms with Crippen molar-refractivity contribution < 1.29 is 22.3 Å². The zero-order chi connectivity index (χ0) is 18.8. The topological polar surface area (TPSA) is 59.6 Å². The summed E-state index contributed by atoms with van der Waals surface area (Å²) in [6.07, 6.45) is -2.84. The molecule has 0 amide bonds. The van der Waals surface area contributed by atoms with Crippen LogP contribution in [-0.2, 0) is 5.41 Å². The van der Waals surface area contributed by atoms with Gasteiger partial charge in [-0.2, -0.15) is 0 Å². The first-order valence-electron chi connectivity index (χ1n) is 7.95. The van der Waals surface area contributed by atoms with Gasteiger partial charge >= 0.3 is 6.36 Å². The van der Waals surface area contributed by atoms with Crippen LogP contribution in [0.1, 0.15) is 18.4 Å². The van der Waals surface area contributed by atoms with E-state index in [-0.39, 0.29) is 46.9 Å². The predicted octanol–water partition coefficient (Wildman–Crippen LogP) is 4.80. The second-order valence-corrected chi connectivity index (χ2v) is 6.19. The van der Waals surface area contributed by atoms with Crippen molar-refractivity contribution in [2.45, 2.75) is 24.6 Å². The zero-order valence-corrected chi connectivity index (χ0v) is 16.4. The van der Waals surface area contributed by atoms with Crippen molar-refractivity contribution in [1.82, 2.24) is 0 Å². The van der Waals surface area contributed by atoms with Gasteiger partial charge in [-0.25, -0.2) is 4.39 Å². The highest BCUT2D eigenvalue weighted by Crippen LogP contribution is 2.48. The molecule has 1 aliphatic rings. The molecule has 2 aromatic rings. The highest BCUT2D eigenvalue weighted by Gasteiger charge is 2.44. The quantitative estimate of drug-likeness (QED) is 0.271. The van der Waals surface area contributed by atoms with E-state index in [4.69, 9.17) is 5.73 Å². The summed E-state index contributed by atoms with van der Waals surface area (Å²) in [5, 5.41) is 2.82. The normalized spacial score (nSPS) is 15.6. The minimum absolute atomic E-state index is 0. The Morgan fingerprint density at radius 2 is 1.67 bits per heavy atom. The summed E-state index contributed by atoms with van der Waals surface area (Å²) in [6, 6.07) is 11.5. The van der Waals surface area contributed by atoms with Gasteiger partial charge < -0.3 is 15.8 Å². The highest BCUT2D eigenvalue weighted by atomic mass is 127. The third-order valence-corrected chi connectivity index (χ3v) is 4.22. The van der Waals surface area contributed by atoms with Crippen LogP contribution in [0.3, 0.4) is 0 Å². The van der Waals surface area contributed by atoms with E-state index in [1.165, 1.54) is 36.4 Å². The average molecular weight is 495 g/mol. The molecule has 1 aliphatic carbocycles. The fourth-order valence-corrected chi connectivity index (χ4v) is 2.66. The maximum atomic E-state index is 13.0. The average Bonchev–Trinajstić information content (AvgIpc) is 3.35. The first kappa shape index (κ1) is 21.3. The minimum atomic E-state index is -4.73. The summed E-state index contributed by atoms with van der Waals surface area (Å²) in [5.74, 6) is -0.443. The molecule has 3 N–H and O–H groups in total. The number of guanidine groups is 1. The van der Waals surface area contributed by atoms with E-state index in [2.05, 4.69) is 15.0 Å². The van der Waals surface area contributed by atoms with Gasteiger partial charge in [-0.1, -0.05) is 12.1 Å². The number of nitrogens with two attached hydrogens (primary N) is 1. The Hall–Kier alpha value is -2.04. The van der Waals surface area contributed by atoms with Crippen molar-refractivity contribution in [3.8, 4) is 5.75 Å². The third kappa shape index (κ3) is 5.98. The Balaban J connectivity index is 0.00000261. The molecular formula is C18H18F4IN3O. The van der Waals surface area contributed by atoms with Crippen LogP contribution in [0.4, 0.5) is 23.2 Å². The lowest BCUT2D eigenvalue weighted by molar-refractivity contribution is -0.274. The summed E-state index contributed by atoms with van der Waals surface area (Å²) < 4.78 is 53.2. The molecule has 0 spiro atoms. The lowest BCUT2D eigenvalue weighted by Gasteiger charge is -2.14. The van der Waals surface area contributed by atoms with E-state index in [1.54, 1.807) is 12.1 Å². The van der Waals surface area contributed by atoms with E-state index >= 15 is 0 Å². The van der Waals surface area contributed by atoms with Gasteiger partial charge in [0.25, 0.3) is 0 Å². The molecule has 9 heteroatoms. The van der Waals surface area contributed by atoms with E-state index in [1.807, 2.05) is 0 Å². The predicted molar refractivity (Wildman–Crippen MR) is 106 cm³/mol. The molecular weight excluding hydrogens is 477 g/mol. The standard InChI is InChI=1S/C18H17F4N3O.HI/c19-13-3-1-12(2-4-13)17(9-10-17)11-24-16(23)25-14-5-7-15(8-6-14)26-18(20,21)22;/h1-8H,9-11H2,(H3,23,24,25);1H. The lowest BCUT2D eigenvalue weighted by atomic mass is 9.96. The Labute approximate surface area is 170 Å². The molecule has 146 valence electrons. The second-order valence-electron chi connectivity index (χ2n) is 6.19. The molecule has 0 radical (unpaired) electrons. The summed E-state index contributed by atoms with van der Waals surface area (Å²) in [7, 11) is 0. The number of anilines is 1.